The molecule has 5 rings (SSSR count). The maximum Gasteiger partial charge on any atom is 0.233 e. The van der Waals surface area contributed by atoms with Crippen molar-refractivity contribution < 1.29 is 9.47 Å². The van der Waals surface area contributed by atoms with Crippen LogP contribution in [0.15, 0.2) is 36.7 Å². The highest BCUT2D eigenvalue weighted by Crippen LogP contribution is 2.38. The van der Waals surface area contributed by atoms with E-state index in [1.807, 2.05) is 12.3 Å². The highest BCUT2D eigenvalue weighted by atomic mass is 16.5. The van der Waals surface area contributed by atoms with E-state index in [1.54, 1.807) is 13.3 Å². The van der Waals surface area contributed by atoms with Gasteiger partial charge in [-0.1, -0.05) is 12.1 Å². The number of benzene rings is 1. The fraction of sp³-hybridized carbons (Fsp3) is 0.300. The average Bonchev–Trinajstić information content (AvgIpc) is 3.28. The molecule has 1 aromatic carbocycles. The van der Waals surface area contributed by atoms with Crippen molar-refractivity contribution >= 4 is 5.95 Å². The fourth-order valence-electron chi connectivity index (χ4n) is 3.63. The topological polar surface area (TPSA) is 73.3 Å². The predicted octanol–water partition coefficient (Wildman–Crippen LogP) is 3.10. The van der Waals surface area contributed by atoms with Gasteiger partial charge >= 0.3 is 0 Å². The van der Waals surface area contributed by atoms with Gasteiger partial charge in [-0.15, -0.1) is 5.10 Å². The van der Waals surface area contributed by atoms with Crippen LogP contribution in [0.3, 0.4) is 0 Å². The van der Waals surface area contributed by atoms with Crippen LogP contribution in [0, 0.1) is 0 Å². The summed E-state index contributed by atoms with van der Waals surface area (Å²) in [5, 5.41) is 7.92. The van der Waals surface area contributed by atoms with Gasteiger partial charge in [0.05, 0.1) is 18.9 Å². The van der Waals surface area contributed by atoms with Crippen molar-refractivity contribution in [3.8, 4) is 34.0 Å². The highest BCUT2D eigenvalue weighted by Gasteiger charge is 2.23. The number of hydrogen-bond donors (Lipinski definition) is 0. The summed E-state index contributed by atoms with van der Waals surface area (Å²) in [6.45, 7) is 2.52. The van der Waals surface area contributed by atoms with Crippen molar-refractivity contribution in [1.29, 1.82) is 0 Å². The number of fused-ring (bicyclic) bond motifs is 3. The standard InChI is InChI=1S/C20H19N5O2/c1-26-18-9-14(10-22-24-18)13-4-5-16-15(8-13)12-27-19-17(16)11-21-20(23-19)25-6-2-3-7-25/h4-5,8-11H,2-3,6-7,12H2,1H3. The first kappa shape index (κ1) is 16.0. The molecule has 0 saturated carbocycles. The molecule has 2 aromatic heterocycles. The Bertz CT molecular complexity index is 1000. The van der Waals surface area contributed by atoms with Crippen LogP contribution in [0.4, 0.5) is 5.95 Å². The van der Waals surface area contributed by atoms with E-state index >= 15 is 0 Å². The van der Waals surface area contributed by atoms with E-state index in [2.05, 4.69) is 43.3 Å². The Morgan fingerprint density at radius 2 is 1.93 bits per heavy atom. The van der Waals surface area contributed by atoms with Crippen molar-refractivity contribution in [2.45, 2.75) is 19.4 Å². The summed E-state index contributed by atoms with van der Waals surface area (Å²) in [4.78, 5) is 11.4. The molecule has 136 valence electrons. The summed E-state index contributed by atoms with van der Waals surface area (Å²) in [5.41, 5.74) is 5.16. The molecule has 0 amide bonds. The summed E-state index contributed by atoms with van der Waals surface area (Å²) in [7, 11) is 1.59. The second-order valence-corrected chi connectivity index (χ2v) is 6.73. The third kappa shape index (κ3) is 2.85. The number of anilines is 1. The lowest BCUT2D eigenvalue weighted by molar-refractivity contribution is 0.289. The maximum atomic E-state index is 5.96. The molecule has 2 aliphatic heterocycles. The molecular formula is C20H19N5O2. The first-order chi connectivity index (χ1) is 13.3. The molecule has 0 spiro atoms. The van der Waals surface area contributed by atoms with Gasteiger partial charge in [-0.3, -0.25) is 0 Å². The van der Waals surface area contributed by atoms with Crippen LogP contribution in [0.5, 0.6) is 11.8 Å². The molecule has 4 heterocycles. The number of ether oxygens (including phenoxy) is 2. The summed E-state index contributed by atoms with van der Waals surface area (Å²) in [5.74, 6) is 1.93. The van der Waals surface area contributed by atoms with Crippen molar-refractivity contribution in [3.63, 3.8) is 0 Å². The van der Waals surface area contributed by atoms with Gasteiger partial charge in [-0.05, 0) is 35.6 Å². The predicted molar refractivity (Wildman–Crippen MR) is 101 cm³/mol. The lowest BCUT2D eigenvalue weighted by Gasteiger charge is -2.22. The Balaban J connectivity index is 1.50. The van der Waals surface area contributed by atoms with Gasteiger partial charge in [0.15, 0.2) is 0 Å². The van der Waals surface area contributed by atoms with Crippen molar-refractivity contribution in [2.75, 3.05) is 25.1 Å². The zero-order valence-corrected chi connectivity index (χ0v) is 15.1. The van der Waals surface area contributed by atoms with Crippen molar-refractivity contribution in [2.24, 2.45) is 0 Å². The molecule has 1 fully saturated rings. The summed E-state index contributed by atoms with van der Waals surface area (Å²) >= 11 is 0. The minimum absolute atomic E-state index is 0.488. The van der Waals surface area contributed by atoms with Crippen LogP contribution in [-0.4, -0.2) is 40.4 Å². The van der Waals surface area contributed by atoms with Gasteiger partial charge in [0.25, 0.3) is 0 Å². The lowest BCUT2D eigenvalue weighted by Crippen LogP contribution is -2.21. The molecule has 7 heteroatoms. The number of rotatable bonds is 3. The average molecular weight is 361 g/mol. The zero-order valence-electron chi connectivity index (χ0n) is 15.1. The summed E-state index contributed by atoms with van der Waals surface area (Å²) in [6.07, 6.45) is 6.00. The molecule has 7 nitrogen and oxygen atoms in total. The molecule has 0 bridgehead atoms. The highest BCUT2D eigenvalue weighted by molar-refractivity contribution is 5.77. The van der Waals surface area contributed by atoms with Gasteiger partial charge in [0.2, 0.25) is 17.7 Å². The molecule has 27 heavy (non-hydrogen) atoms. The monoisotopic (exact) mass is 361 g/mol. The van der Waals surface area contributed by atoms with E-state index in [9.17, 15) is 0 Å². The van der Waals surface area contributed by atoms with E-state index in [4.69, 9.17) is 9.47 Å². The van der Waals surface area contributed by atoms with Gasteiger partial charge in [-0.25, -0.2) is 4.98 Å². The fourth-order valence-corrected chi connectivity index (χ4v) is 3.63. The second-order valence-electron chi connectivity index (χ2n) is 6.73. The Labute approximate surface area is 157 Å². The molecule has 0 unspecified atom stereocenters. The largest absolute Gasteiger partial charge is 0.480 e. The van der Waals surface area contributed by atoms with Crippen LogP contribution < -0.4 is 14.4 Å². The number of nitrogens with zero attached hydrogens (tertiary/aromatic N) is 5. The number of methoxy groups -OCH3 is 1. The maximum absolute atomic E-state index is 5.96. The Hall–Kier alpha value is -3.22. The Morgan fingerprint density at radius 1 is 1.04 bits per heavy atom. The third-order valence-electron chi connectivity index (χ3n) is 5.06. The summed E-state index contributed by atoms with van der Waals surface area (Å²) < 4.78 is 11.1. The zero-order chi connectivity index (χ0) is 18.2. The molecule has 1 saturated heterocycles. The second kappa shape index (κ2) is 6.50. The minimum Gasteiger partial charge on any atom is -0.480 e. The van der Waals surface area contributed by atoms with E-state index in [0.717, 1.165) is 46.9 Å². The quantitative estimate of drug-likeness (QED) is 0.710. The van der Waals surface area contributed by atoms with Crippen molar-refractivity contribution in [1.82, 2.24) is 20.2 Å². The lowest BCUT2D eigenvalue weighted by atomic mass is 9.96. The molecule has 0 N–H and O–H groups in total. The van der Waals surface area contributed by atoms with E-state index in [1.165, 1.54) is 12.8 Å². The smallest absolute Gasteiger partial charge is 0.233 e. The van der Waals surface area contributed by atoms with Crippen LogP contribution in [0.1, 0.15) is 18.4 Å². The minimum atomic E-state index is 0.488. The van der Waals surface area contributed by atoms with Crippen LogP contribution in [0.25, 0.3) is 22.3 Å². The SMILES string of the molecule is COc1cc(-c2ccc3c(c2)COc2nc(N4CCCC4)ncc2-3)cnn1. The normalized spacial score (nSPS) is 15.1. The molecular weight excluding hydrogens is 342 g/mol. The molecule has 2 aliphatic rings. The molecule has 0 atom stereocenters. The first-order valence-electron chi connectivity index (χ1n) is 9.07. The third-order valence-corrected chi connectivity index (χ3v) is 5.06. The van der Waals surface area contributed by atoms with Crippen LogP contribution in [-0.2, 0) is 6.61 Å². The van der Waals surface area contributed by atoms with E-state index < -0.39 is 0 Å². The molecule has 0 radical (unpaired) electrons. The van der Waals surface area contributed by atoms with E-state index in [-0.39, 0.29) is 0 Å². The van der Waals surface area contributed by atoms with Gasteiger partial charge in [0.1, 0.15) is 6.61 Å². The van der Waals surface area contributed by atoms with Crippen molar-refractivity contribution in [3.05, 3.63) is 42.2 Å². The first-order valence-corrected chi connectivity index (χ1v) is 9.07. The summed E-state index contributed by atoms with van der Waals surface area (Å²) in [6, 6.07) is 8.15. The number of aromatic nitrogens is 4. The van der Waals surface area contributed by atoms with Crippen LogP contribution in [0.2, 0.25) is 0 Å². The van der Waals surface area contributed by atoms with Gasteiger partial charge in [-0.2, -0.15) is 10.1 Å². The Morgan fingerprint density at radius 3 is 2.78 bits per heavy atom. The Kier molecular flexibility index (Phi) is 3.85. The number of hydrogen-bond acceptors (Lipinski definition) is 7. The molecule has 3 aromatic rings. The van der Waals surface area contributed by atoms with Crippen LogP contribution >= 0.6 is 0 Å². The van der Waals surface area contributed by atoms with Gasteiger partial charge < -0.3 is 14.4 Å². The van der Waals surface area contributed by atoms with E-state index in [0.29, 0.717) is 18.4 Å². The molecule has 0 aliphatic carbocycles. The van der Waals surface area contributed by atoms with Gasteiger partial charge in [0, 0.05) is 30.9 Å².